The lowest BCUT2D eigenvalue weighted by Crippen LogP contribution is -1.88. The van der Waals surface area contributed by atoms with Gasteiger partial charge in [0.25, 0.3) is 0 Å². The van der Waals surface area contributed by atoms with Crippen molar-refractivity contribution < 1.29 is 4.39 Å². The van der Waals surface area contributed by atoms with Crippen LogP contribution in [0, 0.1) is 12.7 Å². The fourth-order valence-corrected chi connectivity index (χ4v) is 4.07. The predicted octanol–water partition coefficient (Wildman–Crippen LogP) is 5.35. The summed E-state index contributed by atoms with van der Waals surface area (Å²) in [5, 5.41) is 1.34. The quantitative estimate of drug-likeness (QED) is 0.653. The molecule has 0 bridgehead atoms. The zero-order valence-corrected chi connectivity index (χ0v) is 11.7. The first-order valence-electron chi connectivity index (χ1n) is 4.22. The van der Waals surface area contributed by atoms with Crippen LogP contribution in [0.5, 0.6) is 0 Å². The van der Waals surface area contributed by atoms with Crippen LogP contribution in [0.1, 0.15) is 20.7 Å². The summed E-state index contributed by atoms with van der Waals surface area (Å²) in [6, 6.07) is 3.44. The van der Waals surface area contributed by atoms with Crippen molar-refractivity contribution in [2.75, 3.05) is 0 Å². The van der Waals surface area contributed by atoms with E-state index >= 15 is 0 Å². The molecule has 0 aliphatic carbocycles. The van der Waals surface area contributed by atoms with Crippen LogP contribution in [0.2, 0.25) is 0 Å². The van der Waals surface area contributed by atoms with E-state index in [2.05, 4.69) is 15.9 Å². The van der Waals surface area contributed by atoms with Gasteiger partial charge in [-0.15, -0.1) is 34.3 Å². The molecular weight excluding hydrogens is 319 g/mol. The molecule has 0 nitrogen and oxygen atoms in total. The van der Waals surface area contributed by atoms with Gasteiger partial charge in [-0.2, -0.15) is 0 Å². The summed E-state index contributed by atoms with van der Waals surface area (Å²) in [5.41, 5.74) is 1.14. The summed E-state index contributed by atoms with van der Waals surface area (Å²) in [5.74, 6) is -0.220. The van der Waals surface area contributed by atoms with Crippen LogP contribution in [0.15, 0.2) is 21.3 Å². The average Bonchev–Trinajstić information content (AvgIpc) is 2.74. The third kappa shape index (κ3) is 2.28. The molecule has 1 atom stereocenters. The normalized spacial score (nSPS) is 13.1. The van der Waals surface area contributed by atoms with Gasteiger partial charge in [-0.25, -0.2) is 4.39 Å². The fraction of sp³-hybridized carbons (Fsp3) is 0.200. The molecule has 0 aliphatic rings. The van der Waals surface area contributed by atoms with Gasteiger partial charge in [0.05, 0.1) is 8.66 Å². The van der Waals surface area contributed by atoms with E-state index in [4.69, 9.17) is 11.6 Å². The van der Waals surface area contributed by atoms with Gasteiger partial charge in [0.15, 0.2) is 0 Å². The van der Waals surface area contributed by atoms with Gasteiger partial charge in [-0.3, -0.25) is 0 Å². The Hall–Kier alpha value is 0.100. The van der Waals surface area contributed by atoms with Gasteiger partial charge in [0, 0.05) is 4.88 Å². The molecule has 0 N–H and O–H groups in total. The Balaban J connectivity index is 2.36. The molecule has 80 valence electrons. The maximum Gasteiger partial charge on any atom is 0.138 e. The lowest BCUT2D eigenvalue weighted by atomic mass is 10.2. The molecule has 2 aromatic heterocycles. The van der Waals surface area contributed by atoms with E-state index in [1.807, 2.05) is 13.0 Å². The highest BCUT2D eigenvalue weighted by atomic mass is 79.9. The average molecular weight is 326 g/mol. The van der Waals surface area contributed by atoms with E-state index in [1.165, 1.54) is 17.4 Å². The van der Waals surface area contributed by atoms with Gasteiger partial charge < -0.3 is 0 Å². The van der Waals surface area contributed by atoms with E-state index in [0.29, 0.717) is 4.88 Å². The smallest absolute Gasteiger partial charge is 0.138 e. The first-order valence-corrected chi connectivity index (χ1v) is 7.15. The van der Waals surface area contributed by atoms with Crippen LogP contribution >= 0.6 is 50.2 Å². The zero-order chi connectivity index (χ0) is 11.0. The van der Waals surface area contributed by atoms with Crippen molar-refractivity contribution in [3.8, 4) is 0 Å². The molecule has 1 unspecified atom stereocenters. The van der Waals surface area contributed by atoms with Gasteiger partial charge in [0.2, 0.25) is 0 Å². The van der Waals surface area contributed by atoms with Crippen molar-refractivity contribution in [3.05, 3.63) is 42.4 Å². The van der Waals surface area contributed by atoms with E-state index in [1.54, 1.807) is 16.7 Å². The van der Waals surface area contributed by atoms with Crippen molar-refractivity contribution >= 4 is 50.2 Å². The highest BCUT2D eigenvalue weighted by molar-refractivity contribution is 9.11. The maximum absolute atomic E-state index is 13.3. The van der Waals surface area contributed by atoms with Gasteiger partial charge in [-0.05, 0) is 45.9 Å². The first-order chi connectivity index (χ1) is 7.09. The molecule has 2 rings (SSSR count). The first kappa shape index (κ1) is 11.6. The van der Waals surface area contributed by atoms with E-state index in [9.17, 15) is 4.39 Å². The highest BCUT2D eigenvalue weighted by Crippen LogP contribution is 2.40. The van der Waals surface area contributed by atoms with Gasteiger partial charge in [0.1, 0.15) is 11.2 Å². The van der Waals surface area contributed by atoms with Crippen molar-refractivity contribution in [2.45, 2.75) is 12.3 Å². The molecule has 2 aromatic rings. The molecule has 0 amide bonds. The van der Waals surface area contributed by atoms with Gasteiger partial charge in [-0.1, -0.05) is 0 Å². The van der Waals surface area contributed by atoms with Crippen LogP contribution in [0.3, 0.4) is 0 Å². The molecule has 5 heteroatoms. The second kappa shape index (κ2) is 4.53. The second-order valence-corrected chi connectivity index (χ2v) is 6.89. The number of aryl methyl sites for hydroxylation is 1. The summed E-state index contributed by atoms with van der Waals surface area (Å²) in [6.45, 7) is 2.00. The van der Waals surface area contributed by atoms with E-state index in [-0.39, 0.29) is 11.2 Å². The molecule has 2 heterocycles. The summed E-state index contributed by atoms with van der Waals surface area (Å²) in [6.07, 6.45) is 0. The van der Waals surface area contributed by atoms with Crippen molar-refractivity contribution in [1.29, 1.82) is 0 Å². The SMILES string of the molecule is Cc1cc(C(Cl)c2sccc2F)sc1Br. The summed E-state index contributed by atoms with van der Waals surface area (Å²) in [7, 11) is 0. The highest BCUT2D eigenvalue weighted by Gasteiger charge is 2.19. The minimum Gasteiger partial charge on any atom is -0.206 e. The molecule has 0 radical (unpaired) electrons. The van der Waals surface area contributed by atoms with Crippen molar-refractivity contribution in [3.63, 3.8) is 0 Å². The van der Waals surface area contributed by atoms with Gasteiger partial charge >= 0.3 is 0 Å². The molecule has 15 heavy (non-hydrogen) atoms. The fourth-order valence-electron chi connectivity index (χ4n) is 1.22. The number of halogens is 3. The summed E-state index contributed by atoms with van der Waals surface area (Å²) in [4.78, 5) is 1.56. The Labute approximate surface area is 109 Å². The Bertz CT molecular complexity index is 458. The number of rotatable bonds is 2. The lowest BCUT2D eigenvalue weighted by molar-refractivity contribution is 0.621. The molecular formula is C10H7BrClFS2. The van der Waals surface area contributed by atoms with Crippen LogP contribution in [0.25, 0.3) is 0 Å². The minimum absolute atomic E-state index is 0.220. The topological polar surface area (TPSA) is 0 Å². The van der Waals surface area contributed by atoms with Crippen LogP contribution in [-0.2, 0) is 0 Å². The number of hydrogen-bond acceptors (Lipinski definition) is 2. The van der Waals surface area contributed by atoms with Crippen LogP contribution in [-0.4, -0.2) is 0 Å². The van der Waals surface area contributed by atoms with E-state index < -0.39 is 0 Å². The number of hydrogen-bond donors (Lipinski definition) is 0. The monoisotopic (exact) mass is 324 g/mol. The Morgan fingerprint density at radius 2 is 2.27 bits per heavy atom. The molecule has 0 saturated heterocycles. The largest absolute Gasteiger partial charge is 0.206 e. The van der Waals surface area contributed by atoms with Crippen molar-refractivity contribution in [1.82, 2.24) is 0 Å². The molecule has 0 fully saturated rings. The third-order valence-electron chi connectivity index (χ3n) is 2.00. The lowest BCUT2D eigenvalue weighted by Gasteiger charge is -2.03. The molecule has 0 spiro atoms. The minimum atomic E-state index is -0.375. The summed E-state index contributed by atoms with van der Waals surface area (Å²) < 4.78 is 14.4. The molecule has 0 aromatic carbocycles. The van der Waals surface area contributed by atoms with Crippen LogP contribution < -0.4 is 0 Å². The maximum atomic E-state index is 13.3. The Kier molecular flexibility index (Phi) is 3.50. The van der Waals surface area contributed by atoms with Crippen LogP contribution in [0.4, 0.5) is 4.39 Å². The van der Waals surface area contributed by atoms with Crippen molar-refractivity contribution in [2.24, 2.45) is 0 Å². The molecule has 0 aliphatic heterocycles. The predicted molar refractivity (Wildman–Crippen MR) is 68.7 cm³/mol. The Morgan fingerprint density at radius 1 is 1.53 bits per heavy atom. The standard InChI is InChI=1S/C10H7BrClFS2/c1-5-4-7(15-10(5)11)8(12)9-6(13)2-3-14-9/h2-4,8H,1H3. The summed E-state index contributed by atoms with van der Waals surface area (Å²) >= 11 is 12.6. The molecule has 0 saturated carbocycles. The number of alkyl halides is 1. The number of thiophene rings is 2. The second-order valence-electron chi connectivity index (χ2n) is 3.10. The zero-order valence-electron chi connectivity index (χ0n) is 7.76. The Morgan fingerprint density at radius 3 is 2.73 bits per heavy atom. The van der Waals surface area contributed by atoms with E-state index in [0.717, 1.165) is 14.2 Å². The third-order valence-corrected chi connectivity index (χ3v) is 5.87.